The third-order valence-corrected chi connectivity index (χ3v) is 5.07. The molecule has 1 aliphatic heterocycles. The van der Waals surface area contributed by atoms with Gasteiger partial charge in [0.05, 0.1) is 13.2 Å². The molecule has 3 heteroatoms. The van der Waals surface area contributed by atoms with E-state index < -0.39 is 0 Å². The van der Waals surface area contributed by atoms with Crippen LogP contribution in [0.2, 0.25) is 0 Å². The van der Waals surface area contributed by atoms with Crippen molar-refractivity contribution in [3.63, 3.8) is 0 Å². The van der Waals surface area contributed by atoms with E-state index in [0.29, 0.717) is 6.04 Å². The molecule has 1 aliphatic carbocycles. The van der Waals surface area contributed by atoms with Gasteiger partial charge in [0.25, 0.3) is 0 Å². The van der Waals surface area contributed by atoms with Crippen LogP contribution in [0.3, 0.4) is 0 Å². The summed E-state index contributed by atoms with van der Waals surface area (Å²) in [6, 6.07) is 0.596. The van der Waals surface area contributed by atoms with E-state index in [1.165, 1.54) is 32.1 Å². The molecule has 0 aromatic heterocycles. The summed E-state index contributed by atoms with van der Waals surface area (Å²) in [5.41, 5.74) is 0.237. The fraction of sp³-hybridized carbons (Fsp3) is 1.00. The Hall–Kier alpha value is -0.120. The predicted molar refractivity (Wildman–Crippen MR) is 75.9 cm³/mol. The van der Waals surface area contributed by atoms with E-state index in [4.69, 9.17) is 4.74 Å². The minimum absolute atomic E-state index is 0.237. The molecule has 18 heavy (non-hydrogen) atoms. The second-order valence-electron chi connectivity index (χ2n) is 6.48. The minimum atomic E-state index is 0.237. The first-order valence-electron chi connectivity index (χ1n) is 7.64. The van der Waals surface area contributed by atoms with Gasteiger partial charge < -0.3 is 10.1 Å². The van der Waals surface area contributed by atoms with Crippen molar-refractivity contribution in [2.24, 2.45) is 5.92 Å². The van der Waals surface area contributed by atoms with Crippen LogP contribution in [0, 0.1) is 5.92 Å². The molecule has 1 heterocycles. The van der Waals surface area contributed by atoms with Crippen molar-refractivity contribution >= 4 is 0 Å². The van der Waals surface area contributed by atoms with Crippen molar-refractivity contribution < 1.29 is 4.74 Å². The maximum Gasteiger partial charge on any atom is 0.0594 e. The van der Waals surface area contributed by atoms with Gasteiger partial charge in [-0.3, -0.25) is 4.90 Å². The van der Waals surface area contributed by atoms with E-state index in [2.05, 4.69) is 31.1 Å². The van der Waals surface area contributed by atoms with Gasteiger partial charge in [0.2, 0.25) is 0 Å². The van der Waals surface area contributed by atoms with Crippen LogP contribution in [0.5, 0.6) is 0 Å². The molecule has 1 unspecified atom stereocenters. The number of ether oxygens (including phenoxy) is 1. The SMILES string of the molecule is CNC(CC1CCCC1)C(C)(C)N1CCOCC1. The lowest BCUT2D eigenvalue weighted by Gasteiger charge is -2.46. The molecular formula is C15H30N2O. The standard InChI is InChI=1S/C15H30N2O/c1-15(2,17-8-10-18-11-9-17)14(16-3)12-13-6-4-5-7-13/h13-14,16H,4-12H2,1-3H3. The number of nitrogens with one attached hydrogen (secondary N) is 1. The first-order chi connectivity index (χ1) is 8.64. The molecular weight excluding hydrogens is 224 g/mol. The Morgan fingerprint density at radius 1 is 1.22 bits per heavy atom. The van der Waals surface area contributed by atoms with Gasteiger partial charge in [-0.15, -0.1) is 0 Å². The van der Waals surface area contributed by atoms with Gasteiger partial charge in [-0.05, 0) is 33.2 Å². The highest BCUT2D eigenvalue weighted by atomic mass is 16.5. The number of nitrogens with zero attached hydrogens (tertiary/aromatic N) is 1. The summed E-state index contributed by atoms with van der Waals surface area (Å²) in [5, 5.41) is 3.58. The lowest BCUT2D eigenvalue weighted by Crippen LogP contribution is -2.60. The van der Waals surface area contributed by atoms with Crippen LogP contribution in [-0.4, -0.2) is 49.8 Å². The first-order valence-corrected chi connectivity index (χ1v) is 7.64. The zero-order chi connectivity index (χ0) is 13.0. The zero-order valence-corrected chi connectivity index (χ0v) is 12.4. The van der Waals surface area contributed by atoms with E-state index >= 15 is 0 Å². The number of rotatable bonds is 5. The Kier molecular flexibility index (Phi) is 5.05. The van der Waals surface area contributed by atoms with Crippen LogP contribution < -0.4 is 5.32 Å². The number of morpholine rings is 1. The van der Waals surface area contributed by atoms with Crippen LogP contribution in [0.15, 0.2) is 0 Å². The van der Waals surface area contributed by atoms with E-state index in [9.17, 15) is 0 Å². The van der Waals surface area contributed by atoms with E-state index in [1.807, 2.05) is 0 Å². The Morgan fingerprint density at radius 3 is 2.39 bits per heavy atom. The highest BCUT2D eigenvalue weighted by molar-refractivity contribution is 4.95. The van der Waals surface area contributed by atoms with Crippen molar-refractivity contribution in [3.8, 4) is 0 Å². The van der Waals surface area contributed by atoms with Crippen molar-refractivity contribution in [1.82, 2.24) is 10.2 Å². The summed E-state index contributed by atoms with van der Waals surface area (Å²) in [7, 11) is 2.13. The zero-order valence-electron chi connectivity index (χ0n) is 12.4. The molecule has 1 saturated heterocycles. The lowest BCUT2D eigenvalue weighted by molar-refractivity contribution is -0.0252. The maximum atomic E-state index is 5.48. The summed E-state index contributed by atoms with van der Waals surface area (Å²) in [6.07, 6.45) is 7.10. The Bertz CT molecular complexity index is 243. The van der Waals surface area contributed by atoms with Crippen LogP contribution in [-0.2, 0) is 4.74 Å². The summed E-state index contributed by atoms with van der Waals surface area (Å²) >= 11 is 0. The van der Waals surface area contributed by atoms with Crippen LogP contribution in [0.1, 0.15) is 46.0 Å². The third kappa shape index (κ3) is 3.25. The maximum absolute atomic E-state index is 5.48. The van der Waals surface area contributed by atoms with Gasteiger partial charge in [-0.25, -0.2) is 0 Å². The van der Waals surface area contributed by atoms with Crippen molar-refractivity contribution in [2.75, 3.05) is 33.4 Å². The summed E-state index contributed by atoms with van der Waals surface area (Å²) < 4.78 is 5.48. The molecule has 2 rings (SSSR count). The molecule has 2 aliphatic rings. The van der Waals surface area contributed by atoms with Gasteiger partial charge in [-0.2, -0.15) is 0 Å². The van der Waals surface area contributed by atoms with Gasteiger partial charge in [0, 0.05) is 24.7 Å². The van der Waals surface area contributed by atoms with Crippen molar-refractivity contribution in [3.05, 3.63) is 0 Å². The molecule has 3 nitrogen and oxygen atoms in total. The molecule has 0 bridgehead atoms. The smallest absolute Gasteiger partial charge is 0.0594 e. The number of hydrogen-bond acceptors (Lipinski definition) is 3. The van der Waals surface area contributed by atoms with Crippen LogP contribution in [0.25, 0.3) is 0 Å². The highest BCUT2D eigenvalue weighted by Crippen LogP contribution is 2.32. The Labute approximate surface area is 112 Å². The van der Waals surface area contributed by atoms with Gasteiger partial charge in [-0.1, -0.05) is 25.7 Å². The minimum Gasteiger partial charge on any atom is -0.379 e. The lowest BCUT2D eigenvalue weighted by atomic mass is 9.84. The molecule has 0 spiro atoms. The van der Waals surface area contributed by atoms with Crippen LogP contribution >= 0.6 is 0 Å². The van der Waals surface area contributed by atoms with Crippen LogP contribution in [0.4, 0.5) is 0 Å². The molecule has 0 aromatic carbocycles. The highest BCUT2D eigenvalue weighted by Gasteiger charge is 2.36. The molecule has 1 N–H and O–H groups in total. The summed E-state index contributed by atoms with van der Waals surface area (Å²) in [6.45, 7) is 8.74. The van der Waals surface area contributed by atoms with Crippen molar-refractivity contribution in [2.45, 2.75) is 57.5 Å². The number of likely N-dealkylation sites (N-methyl/N-ethyl adjacent to an activating group) is 1. The van der Waals surface area contributed by atoms with Gasteiger partial charge in [0.1, 0.15) is 0 Å². The first kappa shape index (κ1) is 14.3. The van der Waals surface area contributed by atoms with E-state index in [1.54, 1.807) is 0 Å². The fourth-order valence-electron chi connectivity index (χ4n) is 3.70. The molecule has 0 radical (unpaired) electrons. The fourth-order valence-corrected chi connectivity index (χ4v) is 3.70. The topological polar surface area (TPSA) is 24.5 Å². The molecule has 0 amide bonds. The predicted octanol–water partition coefficient (Wildman–Crippen LogP) is 2.27. The second kappa shape index (κ2) is 6.36. The molecule has 106 valence electrons. The largest absolute Gasteiger partial charge is 0.379 e. The Balaban J connectivity index is 1.94. The average Bonchev–Trinajstić information content (AvgIpc) is 2.89. The molecule has 1 saturated carbocycles. The molecule has 0 aromatic rings. The third-order valence-electron chi connectivity index (χ3n) is 5.07. The monoisotopic (exact) mass is 254 g/mol. The number of hydrogen-bond donors (Lipinski definition) is 1. The normalized spacial score (nSPS) is 25.5. The van der Waals surface area contributed by atoms with Crippen molar-refractivity contribution in [1.29, 1.82) is 0 Å². The molecule has 2 fully saturated rings. The Morgan fingerprint density at radius 2 is 1.83 bits per heavy atom. The quantitative estimate of drug-likeness (QED) is 0.814. The van der Waals surface area contributed by atoms with E-state index in [0.717, 1.165) is 32.2 Å². The second-order valence-corrected chi connectivity index (χ2v) is 6.48. The average molecular weight is 254 g/mol. The molecule has 1 atom stereocenters. The van der Waals surface area contributed by atoms with Gasteiger partial charge in [0.15, 0.2) is 0 Å². The summed E-state index contributed by atoms with van der Waals surface area (Å²) in [4.78, 5) is 2.60. The van der Waals surface area contributed by atoms with E-state index in [-0.39, 0.29) is 5.54 Å². The summed E-state index contributed by atoms with van der Waals surface area (Å²) in [5.74, 6) is 0.947. The van der Waals surface area contributed by atoms with Gasteiger partial charge >= 0.3 is 0 Å².